The van der Waals surface area contributed by atoms with E-state index in [0.29, 0.717) is 29.5 Å². The normalized spacial score (nSPS) is 15.5. The Morgan fingerprint density at radius 3 is 2.71 bits per heavy atom. The Hall–Kier alpha value is -1.59. The van der Waals surface area contributed by atoms with Crippen LogP contribution in [0.25, 0.3) is 0 Å². The van der Waals surface area contributed by atoms with Crippen molar-refractivity contribution >= 4 is 23.3 Å². The molecule has 6 heteroatoms. The highest BCUT2D eigenvalue weighted by Gasteiger charge is 2.16. The predicted molar refractivity (Wildman–Crippen MR) is 78.9 cm³/mol. The third kappa shape index (κ3) is 4.72. The summed E-state index contributed by atoms with van der Waals surface area (Å²) in [5.41, 5.74) is 0.513. The Kier molecular flexibility index (Phi) is 5.59. The van der Waals surface area contributed by atoms with Crippen molar-refractivity contribution in [2.45, 2.75) is 25.8 Å². The van der Waals surface area contributed by atoms with Gasteiger partial charge < -0.3 is 14.8 Å². The van der Waals surface area contributed by atoms with Gasteiger partial charge in [0.05, 0.1) is 5.02 Å². The molecular weight excluding hydrogens is 294 g/mol. The van der Waals surface area contributed by atoms with E-state index in [9.17, 15) is 9.59 Å². The molecule has 0 aliphatic carbocycles. The quantitative estimate of drug-likeness (QED) is 0.847. The number of ether oxygens (including phenoxy) is 2. The summed E-state index contributed by atoms with van der Waals surface area (Å²) in [6.45, 7) is 2.71. The van der Waals surface area contributed by atoms with Gasteiger partial charge in [0.2, 0.25) is 0 Å². The minimum atomic E-state index is -0.186. The van der Waals surface area contributed by atoms with E-state index in [1.807, 2.05) is 0 Å². The Bertz CT molecular complexity index is 526. The molecule has 1 N–H and O–H groups in total. The van der Waals surface area contributed by atoms with Crippen LogP contribution in [0.5, 0.6) is 5.75 Å². The van der Waals surface area contributed by atoms with E-state index < -0.39 is 0 Å². The standard InChI is InChI=1S/C15H18ClNO4/c1-10(18)11-2-3-14(13(16)8-11)21-9-15(19)17-12-4-6-20-7-5-12/h2-3,8,12H,4-7,9H2,1H3,(H,17,19). The van der Waals surface area contributed by atoms with Crippen molar-refractivity contribution in [1.29, 1.82) is 0 Å². The van der Waals surface area contributed by atoms with E-state index in [1.165, 1.54) is 13.0 Å². The van der Waals surface area contributed by atoms with Gasteiger partial charge in [-0.15, -0.1) is 0 Å². The molecule has 0 unspecified atom stereocenters. The molecule has 1 saturated heterocycles. The number of hydrogen-bond donors (Lipinski definition) is 1. The number of halogens is 1. The molecule has 0 saturated carbocycles. The summed E-state index contributed by atoms with van der Waals surface area (Å²) in [7, 11) is 0. The average Bonchev–Trinajstić information content (AvgIpc) is 2.47. The maximum absolute atomic E-state index is 11.8. The number of carbonyl (C=O) groups excluding carboxylic acids is 2. The molecule has 1 aliphatic heterocycles. The molecule has 2 rings (SSSR count). The zero-order chi connectivity index (χ0) is 15.2. The first kappa shape index (κ1) is 15.8. The third-order valence-electron chi connectivity index (χ3n) is 3.28. The SMILES string of the molecule is CC(=O)c1ccc(OCC(=O)NC2CCOCC2)c(Cl)c1. The van der Waals surface area contributed by atoms with Gasteiger partial charge in [-0.25, -0.2) is 0 Å². The number of amides is 1. The largest absolute Gasteiger partial charge is 0.482 e. The van der Waals surface area contributed by atoms with Crippen LogP contribution in [0, 0.1) is 0 Å². The van der Waals surface area contributed by atoms with Crippen LogP contribution in [-0.2, 0) is 9.53 Å². The topological polar surface area (TPSA) is 64.6 Å². The number of benzene rings is 1. The summed E-state index contributed by atoms with van der Waals surface area (Å²) >= 11 is 6.02. The van der Waals surface area contributed by atoms with E-state index in [-0.39, 0.29) is 24.3 Å². The lowest BCUT2D eigenvalue weighted by Gasteiger charge is -2.23. The second-order valence-electron chi connectivity index (χ2n) is 4.94. The fraction of sp³-hybridized carbons (Fsp3) is 0.467. The highest BCUT2D eigenvalue weighted by molar-refractivity contribution is 6.32. The summed E-state index contributed by atoms with van der Waals surface area (Å²) in [6, 6.07) is 4.90. The van der Waals surface area contributed by atoms with Crippen LogP contribution >= 0.6 is 11.6 Å². The lowest BCUT2D eigenvalue weighted by Crippen LogP contribution is -2.41. The van der Waals surface area contributed by atoms with Crippen molar-refractivity contribution < 1.29 is 19.1 Å². The molecule has 1 heterocycles. The zero-order valence-electron chi connectivity index (χ0n) is 11.9. The van der Waals surface area contributed by atoms with Crippen molar-refractivity contribution in [2.75, 3.05) is 19.8 Å². The second kappa shape index (κ2) is 7.43. The van der Waals surface area contributed by atoms with E-state index in [0.717, 1.165) is 12.8 Å². The smallest absolute Gasteiger partial charge is 0.258 e. The van der Waals surface area contributed by atoms with Crippen LogP contribution in [0.4, 0.5) is 0 Å². The Labute approximate surface area is 128 Å². The van der Waals surface area contributed by atoms with Gasteiger partial charge in [0, 0.05) is 24.8 Å². The van der Waals surface area contributed by atoms with E-state index in [2.05, 4.69) is 5.32 Å². The summed E-state index contributed by atoms with van der Waals surface area (Å²) in [4.78, 5) is 23.0. The van der Waals surface area contributed by atoms with Gasteiger partial charge in [0.25, 0.3) is 5.91 Å². The van der Waals surface area contributed by atoms with Gasteiger partial charge in [0.1, 0.15) is 5.75 Å². The van der Waals surface area contributed by atoms with Crippen LogP contribution in [0.1, 0.15) is 30.1 Å². The third-order valence-corrected chi connectivity index (χ3v) is 3.58. The molecule has 0 atom stereocenters. The van der Waals surface area contributed by atoms with Crippen LogP contribution in [0.3, 0.4) is 0 Å². The monoisotopic (exact) mass is 311 g/mol. The number of ketones is 1. The van der Waals surface area contributed by atoms with Crippen LogP contribution in [-0.4, -0.2) is 37.6 Å². The Morgan fingerprint density at radius 1 is 1.38 bits per heavy atom. The number of nitrogens with one attached hydrogen (secondary N) is 1. The molecule has 1 amide bonds. The van der Waals surface area contributed by atoms with Crippen LogP contribution in [0.15, 0.2) is 18.2 Å². The minimum Gasteiger partial charge on any atom is -0.482 e. The Balaban J connectivity index is 1.84. The van der Waals surface area contributed by atoms with Gasteiger partial charge in [-0.2, -0.15) is 0 Å². The van der Waals surface area contributed by atoms with E-state index >= 15 is 0 Å². The van der Waals surface area contributed by atoms with Gasteiger partial charge in [0.15, 0.2) is 12.4 Å². The number of Topliss-reactive ketones (excluding diaryl/α,β-unsaturated/α-hetero) is 1. The summed E-state index contributed by atoms with van der Waals surface area (Å²) in [5, 5.41) is 3.22. The molecule has 0 radical (unpaired) electrons. The van der Waals surface area contributed by atoms with Crippen molar-refractivity contribution in [3.05, 3.63) is 28.8 Å². The van der Waals surface area contributed by atoms with Crippen molar-refractivity contribution in [3.63, 3.8) is 0 Å². The van der Waals surface area contributed by atoms with Gasteiger partial charge in [-0.05, 0) is 38.0 Å². The molecule has 0 bridgehead atoms. The van der Waals surface area contributed by atoms with Crippen molar-refractivity contribution in [2.24, 2.45) is 0 Å². The van der Waals surface area contributed by atoms with Crippen molar-refractivity contribution in [3.8, 4) is 5.75 Å². The molecule has 1 fully saturated rings. The highest BCUT2D eigenvalue weighted by atomic mass is 35.5. The molecule has 21 heavy (non-hydrogen) atoms. The zero-order valence-corrected chi connectivity index (χ0v) is 12.6. The van der Waals surface area contributed by atoms with E-state index in [1.54, 1.807) is 12.1 Å². The number of carbonyl (C=O) groups is 2. The maximum atomic E-state index is 11.8. The highest BCUT2D eigenvalue weighted by Crippen LogP contribution is 2.25. The minimum absolute atomic E-state index is 0.0688. The lowest BCUT2D eigenvalue weighted by molar-refractivity contribution is -0.124. The molecule has 1 aliphatic rings. The second-order valence-corrected chi connectivity index (χ2v) is 5.35. The summed E-state index contributed by atoms with van der Waals surface area (Å²) in [6.07, 6.45) is 1.64. The average molecular weight is 312 g/mol. The first-order chi connectivity index (χ1) is 10.1. The lowest BCUT2D eigenvalue weighted by atomic mass is 10.1. The molecule has 0 aromatic heterocycles. The molecule has 5 nitrogen and oxygen atoms in total. The number of rotatable bonds is 5. The predicted octanol–water partition coefficient (Wildman–Crippen LogP) is 2.22. The van der Waals surface area contributed by atoms with Crippen molar-refractivity contribution in [1.82, 2.24) is 5.32 Å². The van der Waals surface area contributed by atoms with Crippen LogP contribution in [0.2, 0.25) is 5.02 Å². The van der Waals surface area contributed by atoms with E-state index in [4.69, 9.17) is 21.1 Å². The van der Waals surface area contributed by atoms with Gasteiger partial charge in [-0.1, -0.05) is 11.6 Å². The summed E-state index contributed by atoms with van der Waals surface area (Å²) in [5.74, 6) is 0.137. The maximum Gasteiger partial charge on any atom is 0.258 e. The first-order valence-electron chi connectivity index (χ1n) is 6.86. The van der Waals surface area contributed by atoms with Gasteiger partial charge in [-0.3, -0.25) is 9.59 Å². The van der Waals surface area contributed by atoms with Crippen LogP contribution < -0.4 is 10.1 Å². The fourth-order valence-corrected chi connectivity index (χ4v) is 2.33. The first-order valence-corrected chi connectivity index (χ1v) is 7.24. The summed E-state index contributed by atoms with van der Waals surface area (Å²) < 4.78 is 10.6. The molecule has 114 valence electrons. The molecular formula is C15H18ClNO4. The fourth-order valence-electron chi connectivity index (χ4n) is 2.09. The molecule has 1 aromatic rings. The Morgan fingerprint density at radius 2 is 2.10 bits per heavy atom. The van der Waals surface area contributed by atoms with Gasteiger partial charge >= 0.3 is 0 Å². The molecule has 0 spiro atoms. The molecule has 1 aromatic carbocycles. The number of hydrogen-bond acceptors (Lipinski definition) is 4.